The third-order valence-electron chi connectivity index (χ3n) is 3.85. The van der Waals surface area contributed by atoms with Crippen LogP contribution >= 0.6 is 15.9 Å². The number of aryl methyl sites for hydroxylation is 2. The van der Waals surface area contributed by atoms with Crippen LogP contribution in [0.1, 0.15) is 19.5 Å². The van der Waals surface area contributed by atoms with Crippen molar-refractivity contribution in [2.45, 2.75) is 33.4 Å². The second kappa shape index (κ2) is 7.74. The van der Waals surface area contributed by atoms with Gasteiger partial charge in [0.15, 0.2) is 11.9 Å². The van der Waals surface area contributed by atoms with E-state index in [0.717, 1.165) is 17.9 Å². The molecule has 0 unspecified atom stereocenters. The molecular weight excluding hydrogens is 398 g/mol. The lowest BCUT2D eigenvalue weighted by Gasteiger charge is -2.12. The van der Waals surface area contributed by atoms with Crippen molar-refractivity contribution < 1.29 is 9.53 Å². The van der Waals surface area contributed by atoms with Crippen molar-refractivity contribution in [1.82, 2.24) is 19.6 Å². The molecule has 3 rings (SSSR count). The first-order valence-corrected chi connectivity index (χ1v) is 9.09. The minimum Gasteiger partial charge on any atom is -0.463 e. The van der Waals surface area contributed by atoms with E-state index in [1.807, 2.05) is 54.9 Å². The summed E-state index contributed by atoms with van der Waals surface area (Å²) in [5.74, 6) is 0.581. The van der Waals surface area contributed by atoms with Gasteiger partial charge < -0.3 is 10.1 Å². The van der Waals surface area contributed by atoms with Gasteiger partial charge in [-0.15, -0.1) is 5.10 Å². The summed E-state index contributed by atoms with van der Waals surface area (Å²) in [5, 5.41) is 11.5. The maximum Gasteiger partial charge on any atom is 0.266 e. The summed E-state index contributed by atoms with van der Waals surface area (Å²) in [5.41, 5.74) is 1.89. The predicted molar refractivity (Wildman–Crippen MR) is 103 cm³/mol. The number of ether oxygens (including phenoxy) is 1. The Morgan fingerprint density at radius 1 is 1.31 bits per heavy atom. The number of halogens is 1. The molecule has 26 heavy (non-hydrogen) atoms. The van der Waals surface area contributed by atoms with E-state index in [0.29, 0.717) is 16.2 Å². The Labute approximate surface area is 160 Å². The van der Waals surface area contributed by atoms with Gasteiger partial charge >= 0.3 is 0 Å². The molecular formula is C18H20BrN5O2. The number of para-hydroxylation sites is 1. The van der Waals surface area contributed by atoms with Crippen LogP contribution in [0.5, 0.6) is 5.88 Å². The van der Waals surface area contributed by atoms with Gasteiger partial charge in [0, 0.05) is 24.5 Å². The minimum absolute atomic E-state index is 0.285. The van der Waals surface area contributed by atoms with Crippen molar-refractivity contribution in [2.75, 3.05) is 5.32 Å². The second-order valence-corrected chi connectivity index (χ2v) is 6.65. The number of aromatic nitrogens is 4. The van der Waals surface area contributed by atoms with Gasteiger partial charge in [0.2, 0.25) is 5.88 Å². The summed E-state index contributed by atoms with van der Waals surface area (Å²) < 4.78 is 9.90. The highest BCUT2D eigenvalue weighted by atomic mass is 79.9. The summed E-state index contributed by atoms with van der Waals surface area (Å²) in [4.78, 5) is 12.4. The fourth-order valence-electron chi connectivity index (χ4n) is 2.47. The molecule has 0 fully saturated rings. The highest BCUT2D eigenvalue weighted by Crippen LogP contribution is 2.25. The molecule has 0 aliphatic rings. The number of amides is 1. The Kier molecular flexibility index (Phi) is 5.41. The van der Waals surface area contributed by atoms with Crippen LogP contribution in [0.15, 0.2) is 47.1 Å². The normalized spacial score (nSPS) is 12.0. The van der Waals surface area contributed by atoms with Crippen LogP contribution < -0.4 is 10.1 Å². The van der Waals surface area contributed by atoms with Crippen LogP contribution in [-0.4, -0.2) is 31.6 Å². The van der Waals surface area contributed by atoms with E-state index in [1.54, 1.807) is 17.8 Å². The lowest BCUT2D eigenvalue weighted by molar-refractivity contribution is -0.122. The predicted octanol–water partition coefficient (Wildman–Crippen LogP) is 3.57. The lowest BCUT2D eigenvalue weighted by Crippen LogP contribution is -2.30. The third kappa shape index (κ3) is 3.96. The average Bonchev–Trinajstić information content (AvgIpc) is 3.18. The molecule has 0 saturated heterocycles. The number of hydrogen-bond acceptors (Lipinski definition) is 4. The first-order chi connectivity index (χ1) is 12.5. The highest BCUT2D eigenvalue weighted by molar-refractivity contribution is 9.10. The fraction of sp³-hybridized carbons (Fsp3) is 0.278. The van der Waals surface area contributed by atoms with Gasteiger partial charge in [-0.3, -0.25) is 9.48 Å². The number of anilines is 1. The van der Waals surface area contributed by atoms with Gasteiger partial charge in [-0.25, -0.2) is 4.68 Å². The van der Waals surface area contributed by atoms with Crippen molar-refractivity contribution in [1.29, 1.82) is 0 Å². The first kappa shape index (κ1) is 18.2. The lowest BCUT2D eigenvalue weighted by atomic mass is 10.3. The molecule has 2 heterocycles. The van der Waals surface area contributed by atoms with Crippen molar-refractivity contribution in [2.24, 2.45) is 0 Å². The van der Waals surface area contributed by atoms with Gasteiger partial charge in [-0.1, -0.05) is 18.2 Å². The molecule has 0 spiro atoms. The molecule has 0 aliphatic carbocycles. The zero-order valence-electron chi connectivity index (χ0n) is 14.8. The quantitative estimate of drug-likeness (QED) is 0.665. The Morgan fingerprint density at radius 3 is 2.69 bits per heavy atom. The van der Waals surface area contributed by atoms with Crippen LogP contribution in [0.3, 0.4) is 0 Å². The van der Waals surface area contributed by atoms with E-state index in [-0.39, 0.29) is 5.91 Å². The zero-order chi connectivity index (χ0) is 18.7. The molecule has 0 aliphatic heterocycles. The molecule has 1 atom stereocenters. The Balaban J connectivity index is 1.68. The first-order valence-electron chi connectivity index (χ1n) is 8.30. The molecule has 0 bridgehead atoms. The van der Waals surface area contributed by atoms with Gasteiger partial charge in [0.25, 0.3) is 5.91 Å². The highest BCUT2D eigenvalue weighted by Gasteiger charge is 2.20. The Morgan fingerprint density at radius 2 is 2.04 bits per heavy atom. The molecule has 8 heteroatoms. The topological polar surface area (TPSA) is 74.0 Å². The summed E-state index contributed by atoms with van der Waals surface area (Å²) in [6.07, 6.45) is 1.07. The van der Waals surface area contributed by atoms with Gasteiger partial charge in [-0.05, 0) is 48.8 Å². The van der Waals surface area contributed by atoms with Gasteiger partial charge in [-0.2, -0.15) is 5.10 Å². The van der Waals surface area contributed by atoms with E-state index in [4.69, 9.17) is 4.74 Å². The fourth-order valence-corrected chi connectivity index (χ4v) is 2.84. The molecule has 1 amide bonds. The zero-order valence-corrected chi connectivity index (χ0v) is 16.4. The minimum atomic E-state index is -0.725. The average molecular weight is 418 g/mol. The number of rotatable bonds is 6. The van der Waals surface area contributed by atoms with Crippen LogP contribution in [0.4, 0.5) is 5.82 Å². The molecule has 136 valence electrons. The van der Waals surface area contributed by atoms with Crippen LogP contribution in [0.2, 0.25) is 0 Å². The number of carbonyl (C=O) groups excluding carboxylic acids is 1. The van der Waals surface area contributed by atoms with Crippen molar-refractivity contribution in [3.63, 3.8) is 0 Å². The monoisotopic (exact) mass is 417 g/mol. The van der Waals surface area contributed by atoms with E-state index in [1.165, 1.54) is 0 Å². The molecule has 0 saturated carbocycles. The number of nitrogens with zero attached hydrogens (tertiary/aromatic N) is 4. The maximum atomic E-state index is 12.4. The van der Waals surface area contributed by atoms with Crippen molar-refractivity contribution >= 4 is 27.7 Å². The Bertz CT molecular complexity index is 904. The molecule has 1 N–H and O–H groups in total. The van der Waals surface area contributed by atoms with E-state index in [9.17, 15) is 4.79 Å². The van der Waals surface area contributed by atoms with Crippen LogP contribution in [0, 0.1) is 6.92 Å². The summed E-state index contributed by atoms with van der Waals surface area (Å²) >= 11 is 3.43. The van der Waals surface area contributed by atoms with E-state index >= 15 is 0 Å². The molecule has 3 aromatic rings. The van der Waals surface area contributed by atoms with Crippen molar-refractivity contribution in [3.05, 3.63) is 52.8 Å². The standard InChI is InChI=1S/C18H20BrN5O2/c1-4-23-12(2)10-16(21-23)20-17(25)13(3)26-18-15(19)11-24(22-18)14-8-6-5-7-9-14/h5-11,13H,4H2,1-3H3,(H,20,21,25)/t13-/m1/s1. The Hall–Kier alpha value is -2.61. The number of nitrogens with one attached hydrogen (secondary N) is 1. The van der Waals surface area contributed by atoms with Crippen LogP contribution in [-0.2, 0) is 11.3 Å². The van der Waals surface area contributed by atoms with Crippen molar-refractivity contribution in [3.8, 4) is 11.6 Å². The molecule has 1 aromatic carbocycles. The molecule has 0 radical (unpaired) electrons. The largest absolute Gasteiger partial charge is 0.463 e. The van der Waals surface area contributed by atoms with Crippen LogP contribution in [0.25, 0.3) is 5.69 Å². The summed E-state index contributed by atoms with van der Waals surface area (Å²) in [6.45, 7) is 6.36. The van der Waals surface area contributed by atoms with Gasteiger partial charge in [0.05, 0.1) is 10.2 Å². The number of hydrogen-bond donors (Lipinski definition) is 1. The molecule has 2 aromatic heterocycles. The van der Waals surface area contributed by atoms with E-state index in [2.05, 4.69) is 31.4 Å². The summed E-state index contributed by atoms with van der Waals surface area (Å²) in [7, 11) is 0. The van der Waals surface area contributed by atoms with E-state index < -0.39 is 6.10 Å². The summed E-state index contributed by atoms with van der Waals surface area (Å²) in [6, 6.07) is 11.5. The third-order valence-corrected chi connectivity index (χ3v) is 4.39. The molecule has 7 nitrogen and oxygen atoms in total. The second-order valence-electron chi connectivity index (χ2n) is 5.80. The number of benzene rings is 1. The SMILES string of the molecule is CCn1nc(NC(=O)[C@@H](C)Oc2nn(-c3ccccc3)cc2Br)cc1C. The maximum absolute atomic E-state index is 12.4. The van der Waals surface area contributed by atoms with Gasteiger partial charge in [0.1, 0.15) is 0 Å². The smallest absolute Gasteiger partial charge is 0.266 e. The number of carbonyl (C=O) groups is 1.